The first-order valence-corrected chi connectivity index (χ1v) is 8.32. The summed E-state index contributed by atoms with van der Waals surface area (Å²) in [5, 5.41) is 3.62. The monoisotopic (exact) mass is 279 g/mol. The number of hydrogen-bond donors (Lipinski definition) is 1. The van der Waals surface area contributed by atoms with Gasteiger partial charge in [0.15, 0.2) is 0 Å². The molecule has 20 heavy (non-hydrogen) atoms. The van der Waals surface area contributed by atoms with Crippen molar-refractivity contribution in [1.29, 1.82) is 0 Å². The topological polar surface area (TPSA) is 21.3 Å². The van der Waals surface area contributed by atoms with Gasteiger partial charge in [-0.2, -0.15) is 0 Å². The van der Waals surface area contributed by atoms with Gasteiger partial charge < -0.3 is 10.1 Å². The molecule has 0 radical (unpaired) electrons. The molecule has 0 aromatic rings. The van der Waals surface area contributed by atoms with Gasteiger partial charge in [0.25, 0.3) is 0 Å². The molecule has 0 aromatic heterocycles. The first kappa shape index (κ1) is 16.0. The number of ether oxygens (including phenoxy) is 1. The third-order valence-corrected chi connectivity index (χ3v) is 5.06. The fourth-order valence-electron chi connectivity index (χ4n) is 3.64. The lowest BCUT2D eigenvalue weighted by molar-refractivity contribution is -0.0482. The van der Waals surface area contributed by atoms with Crippen LogP contribution in [0.15, 0.2) is 12.7 Å². The van der Waals surface area contributed by atoms with Crippen molar-refractivity contribution in [1.82, 2.24) is 5.32 Å². The van der Waals surface area contributed by atoms with E-state index in [0.29, 0.717) is 6.10 Å². The molecule has 2 heteroatoms. The van der Waals surface area contributed by atoms with Crippen LogP contribution in [0, 0.1) is 5.41 Å². The van der Waals surface area contributed by atoms with Gasteiger partial charge in [0.1, 0.15) is 0 Å². The Bertz CT molecular complexity index is 338. The summed E-state index contributed by atoms with van der Waals surface area (Å²) in [4.78, 5) is 0. The molecule has 2 aliphatic rings. The molecule has 2 fully saturated rings. The first-order chi connectivity index (χ1) is 9.26. The summed E-state index contributed by atoms with van der Waals surface area (Å²) < 4.78 is 6.46. The van der Waals surface area contributed by atoms with E-state index in [2.05, 4.69) is 45.7 Å². The van der Waals surface area contributed by atoms with E-state index in [1.54, 1.807) is 0 Å². The predicted octanol–water partition coefficient (Wildman–Crippen LogP) is 4.45. The highest BCUT2D eigenvalue weighted by molar-refractivity contribution is 5.00. The highest BCUT2D eigenvalue weighted by atomic mass is 16.5. The minimum Gasteiger partial charge on any atom is -0.372 e. The van der Waals surface area contributed by atoms with Crippen LogP contribution in [0.4, 0.5) is 0 Å². The molecule has 2 unspecified atom stereocenters. The molecule has 1 N–H and O–H groups in total. The summed E-state index contributed by atoms with van der Waals surface area (Å²) in [6.07, 6.45) is 11.4. The van der Waals surface area contributed by atoms with Gasteiger partial charge in [0.05, 0.1) is 11.7 Å². The van der Waals surface area contributed by atoms with E-state index in [1.165, 1.54) is 38.5 Å². The molecule has 1 aliphatic heterocycles. The Kier molecular flexibility index (Phi) is 4.66. The Morgan fingerprint density at radius 3 is 2.40 bits per heavy atom. The molecule has 0 bridgehead atoms. The van der Waals surface area contributed by atoms with E-state index in [0.717, 1.165) is 13.0 Å². The molecule has 2 nitrogen and oxygen atoms in total. The van der Waals surface area contributed by atoms with Crippen molar-refractivity contribution in [2.24, 2.45) is 5.41 Å². The standard InChI is InChI=1S/C18H33NO/c1-6-17(5,14-19-16(2,3)4)13-15-9-12-18(20-15)10-7-8-11-18/h6,15,19H,1,7-14H2,2-5H3. The van der Waals surface area contributed by atoms with Gasteiger partial charge in [0.2, 0.25) is 0 Å². The molecule has 1 saturated carbocycles. The van der Waals surface area contributed by atoms with Crippen molar-refractivity contribution in [2.75, 3.05) is 6.54 Å². The minimum atomic E-state index is 0.127. The van der Waals surface area contributed by atoms with Gasteiger partial charge in [-0.25, -0.2) is 0 Å². The predicted molar refractivity (Wildman–Crippen MR) is 86.0 cm³/mol. The zero-order valence-electron chi connectivity index (χ0n) is 13.9. The number of nitrogens with one attached hydrogen (secondary N) is 1. The van der Waals surface area contributed by atoms with Gasteiger partial charge >= 0.3 is 0 Å². The Hall–Kier alpha value is -0.340. The van der Waals surface area contributed by atoms with Crippen molar-refractivity contribution >= 4 is 0 Å². The van der Waals surface area contributed by atoms with Crippen LogP contribution in [-0.2, 0) is 4.74 Å². The highest BCUT2D eigenvalue weighted by Crippen LogP contribution is 2.45. The summed E-state index contributed by atoms with van der Waals surface area (Å²) in [7, 11) is 0. The molecule has 116 valence electrons. The first-order valence-electron chi connectivity index (χ1n) is 8.32. The lowest BCUT2D eigenvalue weighted by Gasteiger charge is -2.34. The Labute approximate surface area is 125 Å². The third-order valence-electron chi connectivity index (χ3n) is 5.06. The largest absolute Gasteiger partial charge is 0.372 e. The van der Waals surface area contributed by atoms with Crippen LogP contribution in [0.1, 0.15) is 72.6 Å². The second kappa shape index (κ2) is 5.81. The van der Waals surface area contributed by atoms with Crippen molar-refractivity contribution < 1.29 is 4.74 Å². The fourth-order valence-corrected chi connectivity index (χ4v) is 3.64. The maximum atomic E-state index is 6.46. The second-order valence-corrected chi connectivity index (χ2v) is 8.33. The Morgan fingerprint density at radius 2 is 1.85 bits per heavy atom. The lowest BCUT2D eigenvalue weighted by atomic mass is 9.83. The molecule has 1 heterocycles. The van der Waals surface area contributed by atoms with Crippen molar-refractivity contribution in [2.45, 2.75) is 89.9 Å². The average Bonchev–Trinajstić information content (AvgIpc) is 2.97. The zero-order chi connectivity index (χ0) is 14.9. The van der Waals surface area contributed by atoms with E-state index >= 15 is 0 Å². The van der Waals surface area contributed by atoms with E-state index in [9.17, 15) is 0 Å². The van der Waals surface area contributed by atoms with Crippen LogP contribution >= 0.6 is 0 Å². The molecule has 1 aliphatic carbocycles. The SMILES string of the molecule is C=CC(C)(CNC(C)(C)C)CC1CCC2(CCCC2)O1. The molecule has 1 spiro atoms. The Balaban J connectivity index is 1.88. The van der Waals surface area contributed by atoms with Gasteiger partial charge in [-0.05, 0) is 52.9 Å². The van der Waals surface area contributed by atoms with Gasteiger partial charge in [0, 0.05) is 17.5 Å². The third kappa shape index (κ3) is 4.08. The maximum absolute atomic E-state index is 6.46. The van der Waals surface area contributed by atoms with Gasteiger partial charge in [-0.3, -0.25) is 0 Å². The number of hydrogen-bond acceptors (Lipinski definition) is 2. The van der Waals surface area contributed by atoms with Crippen molar-refractivity contribution in [3.63, 3.8) is 0 Å². The lowest BCUT2D eigenvalue weighted by Crippen LogP contribution is -2.43. The molecule has 0 aromatic carbocycles. The second-order valence-electron chi connectivity index (χ2n) is 8.33. The summed E-state index contributed by atoms with van der Waals surface area (Å²) in [6, 6.07) is 0. The van der Waals surface area contributed by atoms with E-state index in [4.69, 9.17) is 4.74 Å². The van der Waals surface area contributed by atoms with E-state index < -0.39 is 0 Å². The minimum absolute atomic E-state index is 0.127. The molecular weight excluding hydrogens is 246 g/mol. The smallest absolute Gasteiger partial charge is 0.0687 e. The molecular formula is C18H33NO. The van der Waals surface area contributed by atoms with Gasteiger partial charge in [-0.15, -0.1) is 6.58 Å². The molecule has 2 rings (SSSR count). The molecule has 2 atom stereocenters. The molecule has 1 saturated heterocycles. The van der Waals surface area contributed by atoms with E-state index in [-0.39, 0.29) is 16.6 Å². The fraction of sp³-hybridized carbons (Fsp3) is 0.889. The highest BCUT2D eigenvalue weighted by Gasteiger charge is 2.43. The summed E-state index contributed by atoms with van der Waals surface area (Å²) in [6.45, 7) is 14.0. The zero-order valence-corrected chi connectivity index (χ0v) is 13.9. The normalized spacial score (nSPS) is 28.7. The summed E-state index contributed by atoms with van der Waals surface area (Å²) >= 11 is 0. The molecule has 0 amide bonds. The van der Waals surface area contributed by atoms with Crippen LogP contribution in [0.2, 0.25) is 0 Å². The quantitative estimate of drug-likeness (QED) is 0.751. The van der Waals surface area contributed by atoms with Crippen molar-refractivity contribution in [3.05, 3.63) is 12.7 Å². The number of rotatable bonds is 5. The van der Waals surface area contributed by atoms with Crippen LogP contribution in [0.25, 0.3) is 0 Å². The summed E-state index contributed by atoms with van der Waals surface area (Å²) in [5.74, 6) is 0. The summed E-state index contributed by atoms with van der Waals surface area (Å²) in [5.41, 5.74) is 0.541. The Morgan fingerprint density at radius 1 is 1.20 bits per heavy atom. The van der Waals surface area contributed by atoms with E-state index in [1.807, 2.05) is 0 Å². The average molecular weight is 279 g/mol. The van der Waals surface area contributed by atoms with Crippen LogP contribution in [0.5, 0.6) is 0 Å². The van der Waals surface area contributed by atoms with Crippen molar-refractivity contribution in [3.8, 4) is 0 Å². The van der Waals surface area contributed by atoms with Crippen LogP contribution in [-0.4, -0.2) is 23.8 Å². The van der Waals surface area contributed by atoms with Gasteiger partial charge in [-0.1, -0.05) is 25.8 Å². The van der Waals surface area contributed by atoms with Crippen LogP contribution in [0.3, 0.4) is 0 Å². The maximum Gasteiger partial charge on any atom is 0.0687 e. The van der Waals surface area contributed by atoms with Crippen LogP contribution < -0.4 is 5.32 Å².